The molecule has 0 bridgehead atoms. The maximum absolute atomic E-state index is 12.1. The molecule has 6 heteroatoms. The number of benzene rings is 1. The highest BCUT2D eigenvalue weighted by Gasteiger charge is 2.11. The number of carbonyl (C=O) groups is 1. The number of rotatable bonds is 5. The Hall–Kier alpha value is -2.73. The van der Waals surface area contributed by atoms with E-state index in [0.29, 0.717) is 11.6 Å². The van der Waals surface area contributed by atoms with Crippen molar-refractivity contribution in [2.75, 3.05) is 0 Å². The molecule has 0 aliphatic carbocycles. The fourth-order valence-electron chi connectivity index (χ4n) is 2.33. The zero-order chi connectivity index (χ0) is 17.8. The Morgan fingerprint density at radius 3 is 2.64 bits per heavy atom. The molecule has 0 aliphatic rings. The molecule has 0 atom stereocenters. The van der Waals surface area contributed by atoms with E-state index in [1.165, 1.54) is 10.4 Å². The van der Waals surface area contributed by atoms with Gasteiger partial charge < -0.3 is 0 Å². The number of hydrogen-bond donors (Lipinski definition) is 2. The summed E-state index contributed by atoms with van der Waals surface area (Å²) in [5.41, 5.74) is 5.85. The molecule has 3 aromatic rings. The van der Waals surface area contributed by atoms with E-state index in [4.69, 9.17) is 0 Å². The van der Waals surface area contributed by atoms with Gasteiger partial charge in [0.05, 0.1) is 16.8 Å². The van der Waals surface area contributed by atoms with E-state index in [2.05, 4.69) is 46.7 Å². The van der Waals surface area contributed by atoms with E-state index < -0.39 is 0 Å². The Morgan fingerprint density at radius 1 is 1.24 bits per heavy atom. The predicted octanol–water partition coefficient (Wildman–Crippen LogP) is 4.33. The first-order valence-electron chi connectivity index (χ1n) is 8.08. The molecule has 128 valence electrons. The van der Waals surface area contributed by atoms with Crippen LogP contribution < -0.4 is 5.43 Å². The van der Waals surface area contributed by atoms with Gasteiger partial charge in [-0.1, -0.05) is 38.1 Å². The van der Waals surface area contributed by atoms with Crippen LogP contribution in [0.2, 0.25) is 0 Å². The van der Waals surface area contributed by atoms with Crippen LogP contribution in [0.5, 0.6) is 0 Å². The van der Waals surface area contributed by atoms with Gasteiger partial charge in [-0.25, -0.2) is 5.43 Å². The molecular formula is C19H20N4OS. The second-order valence-corrected chi connectivity index (χ2v) is 7.39. The Bertz CT molecular complexity index is 890. The Kier molecular flexibility index (Phi) is 5.09. The number of H-pyrrole nitrogens is 1. The van der Waals surface area contributed by atoms with Crippen LogP contribution in [0.1, 0.15) is 46.3 Å². The second-order valence-electron chi connectivity index (χ2n) is 6.10. The lowest BCUT2D eigenvalue weighted by molar-refractivity contribution is 0.0950. The third kappa shape index (κ3) is 4.22. The Morgan fingerprint density at radius 2 is 2.00 bits per heavy atom. The molecule has 0 fully saturated rings. The lowest BCUT2D eigenvalue weighted by Gasteiger charge is -2.04. The summed E-state index contributed by atoms with van der Waals surface area (Å²) in [5, 5.41) is 10.9. The number of thiophene rings is 1. The number of nitrogens with zero attached hydrogens (tertiary/aromatic N) is 2. The van der Waals surface area contributed by atoms with Crippen molar-refractivity contribution in [1.29, 1.82) is 0 Å². The SMILES string of the molecule is Cc1ccc(-c2cc(C(=O)N/N=C\c3ccc(C(C)C)cc3)n[nH]2)s1. The van der Waals surface area contributed by atoms with Gasteiger partial charge in [-0.2, -0.15) is 10.2 Å². The third-order valence-corrected chi connectivity index (χ3v) is 4.83. The van der Waals surface area contributed by atoms with Crippen LogP contribution >= 0.6 is 11.3 Å². The minimum absolute atomic E-state index is 0.313. The molecule has 2 N–H and O–H groups in total. The van der Waals surface area contributed by atoms with Crippen molar-refractivity contribution in [3.8, 4) is 10.6 Å². The zero-order valence-corrected chi connectivity index (χ0v) is 15.2. The summed E-state index contributed by atoms with van der Waals surface area (Å²) < 4.78 is 0. The van der Waals surface area contributed by atoms with Gasteiger partial charge in [-0.15, -0.1) is 11.3 Å². The van der Waals surface area contributed by atoms with E-state index in [1.54, 1.807) is 23.6 Å². The molecule has 0 spiro atoms. The topological polar surface area (TPSA) is 70.1 Å². The van der Waals surface area contributed by atoms with Crippen LogP contribution in [0, 0.1) is 6.92 Å². The van der Waals surface area contributed by atoms with E-state index in [0.717, 1.165) is 16.1 Å². The molecule has 0 saturated carbocycles. The number of amides is 1. The first-order valence-corrected chi connectivity index (χ1v) is 8.90. The standard InChI is InChI=1S/C19H20N4OS/c1-12(2)15-7-5-14(6-8-15)11-20-23-19(24)17-10-16(21-22-17)18-9-4-13(3)25-18/h4-12H,1-3H3,(H,21,22)(H,23,24)/b20-11-. The van der Waals surface area contributed by atoms with Crippen molar-refractivity contribution in [2.45, 2.75) is 26.7 Å². The van der Waals surface area contributed by atoms with Crippen molar-refractivity contribution < 1.29 is 4.79 Å². The molecule has 2 heterocycles. The maximum atomic E-state index is 12.1. The number of carbonyl (C=O) groups excluding carboxylic acids is 1. The van der Waals surface area contributed by atoms with Crippen molar-refractivity contribution >= 4 is 23.5 Å². The Balaban J connectivity index is 1.61. The lowest BCUT2D eigenvalue weighted by atomic mass is 10.0. The summed E-state index contributed by atoms with van der Waals surface area (Å²) in [6.07, 6.45) is 1.62. The second kappa shape index (κ2) is 7.44. The molecule has 25 heavy (non-hydrogen) atoms. The van der Waals surface area contributed by atoms with Crippen LogP contribution in [-0.2, 0) is 0 Å². The van der Waals surface area contributed by atoms with Gasteiger partial charge >= 0.3 is 0 Å². The van der Waals surface area contributed by atoms with E-state index >= 15 is 0 Å². The molecule has 0 radical (unpaired) electrons. The highest BCUT2D eigenvalue weighted by molar-refractivity contribution is 7.15. The van der Waals surface area contributed by atoms with E-state index in [1.807, 2.05) is 31.2 Å². The number of hydrogen-bond acceptors (Lipinski definition) is 4. The van der Waals surface area contributed by atoms with Crippen LogP contribution in [0.3, 0.4) is 0 Å². The molecule has 2 aromatic heterocycles. The predicted molar refractivity (Wildman–Crippen MR) is 102 cm³/mol. The van der Waals surface area contributed by atoms with Crippen molar-refractivity contribution in [1.82, 2.24) is 15.6 Å². The van der Waals surface area contributed by atoms with Crippen molar-refractivity contribution in [2.24, 2.45) is 5.10 Å². The number of hydrazone groups is 1. The Labute approximate surface area is 150 Å². The van der Waals surface area contributed by atoms with Crippen LogP contribution in [0.15, 0.2) is 47.6 Å². The number of nitrogens with one attached hydrogen (secondary N) is 2. The smallest absolute Gasteiger partial charge is 0.276 e. The molecule has 5 nitrogen and oxygen atoms in total. The van der Waals surface area contributed by atoms with Crippen LogP contribution in [-0.4, -0.2) is 22.3 Å². The van der Waals surface area contributed by atoms with Crippen molar-refractivity contribution in [3.63, 3.8) is 0 Å². The van der Waals surface area contributed by atoms with Gasteiger partial charge in [0.15, 0.2) is 5.69 Å². The molecule has 3 rings (SSSR count). The number of aromatic amines is 1. The minimum Gasteiger partial charge on any atom is -0.276 e. The van der Waals surface area contributed by atoms with Gasteiger partial charge in [0.2, 0.25) is 0 Å². The number of aryl methyl sites for hydroxylation is 1. The summed E-state index contributed by atoms with van der Waals surface area (Å²) in [6, 6.07) is 13.9. The first kappa shape index (κ1) is 17.1. The monoisotopic (exact) mass is 352 g/mol. The first-order chi connectivity index (χ1) is 12.0. The van der Waals surface area contributed by atoms with Crippen LogP contribution in [0.25, 0.3) is 10.6 Å². The fourth-order valence-corrected chi connectivity index (χ4v) is 3.17. The molecular weight excluding hydrogens is 332 g/mol. The van der Waals surface area contributed by atoms with Crippen LogP contribution in [0.4, 0.5) is 0 Å². The summed E-state index contributed by atoms with van der Waals surface area (Å²) in [6.45, 7) is 6.35. The number of aromatic nitrogens is 2. The summed E-state index contributed by atoms with van der Waals surface area (Å²) >= 11 is 1.65. The molecule has 1 aromatic carbocycles. The summed E-state index contributed by atoms with van der Waals surface area (Å²) in [5.74, 6) is 0.150. The summed E-state index contributed by atoms with van der Waals surface area (Å²) in [4.78, 5) is 14.4. The molecule has 0 saturated heterocycles. The van der Waals surface area contributed by atoms with Gasteiger partial charge in [-0.05, 0) is 42.2 Å². The van der Waals surface area contributed by atoms with Crippen molar-refractivity contribution in [3.05, 3.63) is 64.2 Å². The largest absolute Gasteiger partial charge is 0.291 e. The molecule has 0 unspecified atom stereocenters. The van der Waals surface area contributed by atoms with Gasteiger partial charge in [-0.3, -0.25) is 9.89 Å². The highest BCUT2D eigenvalue weighted by atomic mass is 32.1. The quantitative estimate of drug-likeness (QED) is 0.530. The van der Waals surface area contributed by atoms with Gasteiger partial charge in [0.25, 0.3) is 5.91 Å². The normalized spacial score (nSPS) is 11.4. The lowest BCUT2D eigenvalue weighted by Crippen LogP contribution is -2.18. The molecule has 1 amide bonds. The van der Waals surface area contributed by atoms with E-state index in [-0.39, 0.29) is 5.91 Å². The minimum atomic E-state index is -0.342. The average Bonchev–Trinajstić information content (AvgIpc) is 3.24. The highest BCUT2D eigenvalue weighted by Crippen LogP contribution is 2.26. The van der Waals surface area contributed by atoms with Gasteiger partial charge in [0, 0.05) is 4.88 Å². The van der Waals surface area contributed by atoms with Gasteiger partial charge in [0.1, 0.15) is 0 Å². The summed E-state index contributed by atoms with van der Waals surface area (Å²) in [7, 11) is 0. The fraction of sp³-hybridized carbons (Fsp3) is 0.211. The molecule has 0 aliphatic heterocycles. The third-order valence-electron chi connectivity index (χ3n) is 3.80. The maximum Gasteiger partial charge on any atom is 0.291 e. The zero-order valence-electron chi connectivity index (χ0n) is 14.4. The van der Waals surface area contributed by atoms with E-state index in [9.17, 15) is 4.79 Å². The average molecular weight is 352 g/mol.